The summed E-state index contributed by atoms with van der Waals surface area (Å²) in [5, 5.41) is 31.4. The lowest BCUT2D eigenvalue weighted by atomic mass is 9.65. The Balaban J connectivity index is 1.54. The van der Waals surface area contributed by atoms with E-state index in [1.165, 1.54) is 5.57 Å². The molecule has 0 aromatic heterocycles. The van der Waals surface area contributed by atoms with Crippen molar-refractivity contribution in [1.29, 1.82) is 0 Å². The molecule has 0 bridgehead atoms. The highest BCUT2D eigenvalue weighted by Gasteiger charge is 2.46. The Morgan fingerprint density at radius 1 is 0.837 bits per heavy atom. The molecule has 0 aromatic carbocycles. The third-order valence-corrected chi connectivity index (χ3v) is 9.04. The number of ether oxygens (including phenoxy) is 1. The highest BCUT2D eigenvalue weighted by molar-refractivity contribution is 5.35. The Morgan fingerprint density at radius 2 is 1.42 bits per heavy atom. The molecule has 1 heterocycles. The van der Waals surface area contributed by atoms with E-state index in [0.717, 1.165) is 40.7 Å². The predicted molar refractivity (Wildman–Crippen MR) is 179 cm³/mol. The van der Waals surface area contributed by atoms with Crippen molar-refractivity contribution in [3.8, 4) is 0 Å². The minimum Gasteiger partial charge on any atom is -0.393 e. The summed E-state index contributed by atoms with van der Waals surface area (Å²) in [7, 11) is 0. The topological polar surface area (TPSA) is 69.9 Å². The van der Waals surface area contributed by atoms with E-state index in [1.54, 1.807) is 6.92 Å². The van der Waals surface area contributed by atoms with Crippen molar-refractivity contribution < 1.29 is 20.1 Å². The van der Waals surface area contributed by atoms with Gasteiger partial charge in [0.1, 0.15) is 5.60 Å². The summed E-state index contributed by atoms with van der Waals surface area (Å²) in [6, 6.07) is 0. The SMILES string of the molecule is C\C(C=C=C1C(C)(C)CC[C@H](O)[C@@]1(C)O)=C/C=C/C(C)=C/C=C/C=C(C)/C=C/C=C(\C)[C@H]1C=C2[C@@H](C[C@@H](O)CC2(C)C)O1. The monoisotopic (exact) mass is 586 g/mol. The molecular weight excluding hydrogens is 532 g/mol. The van der Waals surface area contributed by atoms with Crippen LogP contribution in [0.1, 0.15) is 88.0 Å². The van der Waals surface area contributed by atoms with Gasteiger partial charge in [0.2, 0.25) is 0 Å². The van der Waals surface area contributed by atoms with Gasteiger partial charge in [0.25, 0.3) is 0 Å². The first-order valence-electron chi connectivity index (χ1n) is 15.7. The van der Waals surface area contributed by atoms with Gasteiger partial charge in [0.15, 0.2) is 0 Å². The summed E-state index contributed by atoms with van der Waals surface area (Å²) in [6.45, 7) is 18.5. The van der Waals surface area contributed by atoms with Crippen molar-refractivity contribution in [2.45, 2.75) is 118 Å². The first-order chi connectivity index (χ1) is 20.0. The molecule has 3 N–H and O–H groups in total. The van der Waals surface area contributed by atoms with E-state index in [9.17, 15) is 15.3 Å². The molecule has 2 aliphatic carbocycles. The molecule has 0 amide bonds. The number of aliphatic hydroxyl groups is 3. The fraction of sp³-hybridized carbons (Fsp3) is 0.513. The van der Waals surface area contributed by atoms with Crippen molar-refractivity contribution in [3.05, 3.63) is 112 Å². The van der Waals surface area contributed by atoms with E-state index in [0.29, 0.717) is 12.8 Å². The Morgan fingerprint density at radius 3 is 2.05 bits per heavy atom. The first kappa shape index (κ1) is 34.8. The molecule has 0 unspecified atom stereocenters. The molecule has 1 aliphatic heterocycles. The summed E-state index contributed by atoms with van der Waals surface area (Å²) in [6.07, 6.45) is 26.6. The fourth-order valence-electron chi connectivity index (χ4n) is 6.33. The highest BCUT2D eigenvalue weighted by atomic mass is 16.5. The molecule has 2 saturated carbocycles. The van der Waals surface area contributed by atoms with Crippen LogP contribution >= 0.6 is 0 Å². The zero-order valence-corrected chi connectivity index (χ0v) is 27.8. The maximum atomic E-state index is 10.9. The quantitative estimate of drug-likeness (QED) is 0.152. The van der Waals surface area contributed by atoms with Crippen LogP contribution < -0.4 is 0 Å². The van der Waals surface area contributed by atoms with E-state index in [1.807, 2.05) is 37.3 Å². The lowest BCUT2D eigenvalue weighted by Gasteiger charge is -2.44. The van der Waals surface area contributed by atoms with Gasteiger partial charge in [-0.3, -0.25) is 0 Å². The van der Waals surface area contributed by atoms with Gasteiger partial charge in [-0.2, -0.15) is 0 Å². The molecule has 5 atom stereocenters. The first-order valence-corrected chi connectivity index (χ1v) is 15.7. The third-order valence-electron chi connectivity index (χ3n) is 9.04. The van der Waals surface area contributed by atoms with Gasteiger partial charge in [0.05, 0.1) is 24.4 Å². The molecular formula is C39H54O4. The number of fused-ring (bicyclic) bond motifs is 1. The van der Waals surface area contributed by atoms with Crippen LogP contribution in [0.2, 0.25) is 0 Å². The standard InChI is InChI=1S/C39H54O4/c1-27(16-12-17-29(3)20-21-35-37(5,6)23-22-36(41)39(35,9)42)14-10-11-15-28(2)18-13-19-30(4)33-25-32-34(43-33)24-31(40)26-38(32,7)8/h10-20,25,31,33-34,36,40-42H,22-24,26H2,1-9H3/b11-10+,16-12+,18-13+,27-14+,28-15+,29-17+,30-19+/t21?,31-,33-,34-,36+,39+/m1/s1. The normalized spacial score (nSPS) is 32.0. The summed E-state index contributed by atoms with van der Waals surface area (Å²) in [5.74, 6) is 0. The van der Waals surface area contributed by atoms with Crippen LogP contribution in [-0.2, 0) is 4.74 Å². The van der Waals surface area contributed by atoms with Gasteiger partial charge in [0, 0.05) is 12.0 Å². The van der Waals surface area contributed by atoms with E-state index in [2.05, 4.69) is 96.7 Å². The summed E-state index contributed by atoms with van der Waals surface area (Å²) >= 11 is 0. The Bertz CT molecular complexity index is 1330. The van der Waals surface area contributed by atoms with Crippen LogP contribution in [0.15, 0.2) is 112 Å². The predicted octanol–water partition coefficient (Wildman–Crippen LogP) is 8.33. The van der Waals surface area contributed by atoms with Gasteiger partial charge in [-0.15, -0.1) is 5.73 Å². The molecule has 0 aromatic rings. The van der Waals surface area contributed by atoms with Gasteiger partial charge in [-0.1, -0.05) is 99.6 Å². The van der Waals surface area contributed by atoms with Crippen molar-refractivity contribution in [2.24, 2.45) is 10.8 Å². The molecule has 3 aliphatic rings. The van der Waals surface area contributed by atoms with E-state index >= 15 is 0 Å². The van der Waals surface area contributed by atoms with Gasteiger partial charge >= 0.3 is 0 Å². The minimum atomic E-state index is -1.26. The number of rotatable bonds is 8. The molecule has 0 spiro atoms. The van der Waals surface area contributed by atoms with Gasteiger partial charge < -0.3 is 20.1 Å². The second kappa shape index (κ2) is 14.4. The second-order valence-corrected chi connectivity index (χ2v) is 14.1. The van der Waals surface area contributed by atoms with E-state index in [4.69, 9.17) is 4.74 Å². The highest BCUT2D eigenvalue weighted by Crippen LogP contribution is 2.46. The molecule has 234 valence electrons. The molecule has 3 rings (SSSR count). The van der Waals surface area contributed by atoms with Gasteiger partial charge in [-0.25, -0.2) is 0 Å². The lowest BCUT2D eigenvalue weighted by Crippen LogP contribution is -2.49. The Labute approximate surface area is 260 Å². The van der Waals surface area contributed by atoms with Crippen LogP contribution in [-0.4, -0.2) is 45.3 Å². The second-order valence-electron chi connectivity index (χ2n) is 14.1. The largest absolute Gasteiger partial charge is 0.393 e. The number of aliphatic hydroxyl groups excluding tert-OH is 2. The number of hydrogen-bond acceptors (Lipinski definition) is 4. The fourth-order valence-corrected chi connectivity index (χ4v) is 6.33. The maximum absolute atomic E-state index is 10.9. The molecule has 4 nitrogen and oxygen atoms in total. The average molecular weight is 587 g/mol. The van der Waals surface area contributed by atoms with Crippen LogP contribution in [0, 0.1) is 10.8 Å². The number of allylic oxidation sites excluding steroid dienone is 13. The summed E-state index contributed by atoms with van der Waals surface area (Å²) in [4.78, 5) is 0. The molecule has 4 heteroatoms. The lowest BCUT2D eigenvalue weighted by molar-refractivity contribution is -0.0719. The summed E-state index contributed by atoms with van der Waals surface area (Å²) < 4.78 is 6.27. The molecule has 0 saturated heterocycles. The zero-order chi connectivity index (χ0) is 32.0. The molecule has 0 radical (unpaired) electrons. The Hall–Kier alpha value is -2.72. The van der Waals surface area contributed by atoms with Crippen molar-refractivity contribution in [2.75, 3.05) is 0 Å². The van der Waals surface area contributed by atoms with E-state index < -0.39 is 11.7 Å². The third kappa shape index (κ3) is 9.38. The van der Waals surface area contributed by atoms with Crippen LogP contribution in [0.3, 0.4) is 0 Å². The maximum Gasteiger partial charge on any atom is 0.116 e. The van der Waals surface area contributed by atoms with Crippen molar-refractivity contribution >= 4 is 0 Å². The molecule has 43 heavy (non-hydrogen) atoms. The van der Waals surface area contributed by atoms with E-state index in [-0.39, 0.29) is 29.1 Å². The summed E-state index contributed by atoms with van der Waals surface area (Å²) in [5.41, 5.74) is 8.35. The zero-order valence-electron chi connectivity index (χ0n) is 27.8. The van der Waals surface area contributed by atoms with Crippen LogP contribution in [0.25, 0.3) is 0 Å². The minimum absolute atomic E-state index is 0.0196. The average Bonchev–Trinajstić information content (AvgIpc) is 3.34. The molecule has 2 fully saturated rings. The van der Waals surface area contributed by atoms with Crippen LogP contribution in [0.5, 0.6) is 0 Å². The Kier molecular flexibility index (Phi) is 11.6. The van der Waals surface area contributed by atoms with Gasteiger partial charge in [-0.05, 0) is 93.6 Å². The van der Waals surface area contributed by atoms with Crippen LogP contribution in [0.4, 0.5) is 0 Å². The number of hydrogen-bond donors (Lipinski definition) is 3. The van der Waals surface area contributed by atoms with Crippen molar-refractivity contribution in [3.63, 3.8) is 0 Å². The smallest absolute Gasteiger partial charge is 0.116 e. The van der Waals surface area contributed by atoms with Crippen molar-refractivity contribution in [1.82, 2.24) is 0 Å².